The summed E-state index contributed by atoms with van der Waals surface area (Å²) in [6.07, 6.45) is 1.94. The van der Waals surface area contributed by atoms with E-state index in [2.05, 4.69) is 11.9 Å². The van der Waals surface area contributed by atoms with E-state index in [4.69, 9.17) is 5.73 Å². The van der Waals surface area contributed by atoms with Gasteiger partial charge in [-0.05, 0) is 43.0 Å². The molecule has 8 heteroatoms. The highest BCUT2D eigenvalue weighted by molar-refractivity contribution is 7.13. The number of carbonyl (C=O) groups excluding carboxylic acids is 1. The Morgan fingerprint density at radius 3 is 2.68 bits per heavy atom. The van der Waals surface area contributed by atoms with Crippen molar-refractivity contribution in [1.29, 1.82) is 0 Å². The third kappa shape index (κ3) is 4.91. The summed E-state index contributed by atoms with van der Waals surface area (Å²) in [5.74, 6) is 0.254. The Morgan fingerprint density at radius 1 is 1.36 bits per heavy atom. The zero-order valence-corrected chi connectivity index (χ0v) is 16.3. The average Bonchev–Trinajstić information content (AvgIpc) is 3.04. The van der Waals surface area contributed by atoms with Crippen molar-refractivity contribution in [2.24, 2.45) is 11.7 Å². The summed E-state index contributed by atoms with van der Waals surface area (Å²) < 4.78 is 13.0. The van der Waals surface area contributed by atoms with Crippen molar-refractivity contribution in [3.8, 4) is 10.6 Å². The molecule has 0 spiro atoms. The minimum absolute atomic E-state index is 0. The number of hydrogen-bond acceptors (Lipinski definition) is 4. The standard InChI is InChI=1S/C17H20FN3OS.2ClH/c1-11-6-7-21(14(8-11)9-19)17(22)15-10-23-16(20-15)12-2-4-13(18)5-3-12;;/h2-5,10-11,14H,6-9,19H2,1H3;2*1H. The molecule has 1 aliphatic heterocycles. The van der Waals surface area contributed by atoms with E-state index in [1.165, 1.54) is 23.5 Å². The highest BCUT2D eigenvalue weighted by Gasteiger charge is 2.30. The summed E-state index contributed by atoms with van der Waals surface area (Å²) in [4.78, 5) is 19.0. The number of hydrogen-bond donors (Lipinski definition) is 1. The van der Waals surface area contributed by atoms with Gasteiger partial charge >= 0.3 is 0 Å². The molecule has 3 rings (SSSR count). The van der Waals surface area contributed by atoms with Crippen LogP contribution in [0.25, 0.3) is 10.6 Å². The van der Waals surface area contributed by atoms with Crippen LogP contribution in [0.4, 0.5) is 4.39 Å². The number of piperidine rings is 1. The molecule has 1 saturated heterocycles. The zero-order chi connectivity index (χ0) is 16.4. The predicted octanol–water partition coefficient (Wildman–Crippen LogP) is 3.99. The van der Waals surface area contributed by atoms with Crippen LogP contribution in [-0.2, 0) is 0 Å². The number of benzene rings is 1. The Labute approximate surface area is 163 Å². The Morgan fingerprint density at radius 2 is 2.04 bits per heavy atom. The summed E-state index contributed by atoms with van der Waals surface area (Å²) in [5, 5.41) is 2.50. The molecule has 1 aliphatic rings. The van der Waals surface area contributed by atoms with Crippen LogP contribution < -0.4 is 5.73 Å². The van der Waals surface area contributed by atoms with E-state index in [9.17, 15) is 9.18 Å². The molecular weight excluding hydrogens is 384 g/mol. The molecular formula is C17H22Cl2FN3OS. The van der Waals surface area contributed by atoms with Gasteiger partial charge in [-0.1, -0.05) is 6.92 Å². The largest absolute Gasteiger partial charge is 0.333 e. The van der Waals surface area contributed by atoms with E-state index < -0.39 is 0 Å². The normalized spacial score (nSPS) is 19.7. The van der Waals surface area contributed by atoms with Gasteiger partial charge in [0, 0.05) is 30.1 Å². The molecule has 0 saturated carbocycles. The van der Waals surface area contributed by atoms with Crippen molar-refractivity contribution in [3.05, 3.63) is 41.2 Å². The van der Waals surface area contributed by atoms with Gasteiger partial charge < -0.3 is 10.6 Å². The SMILES string of the molecule is CC1CCN(C(=O)c2csc(-c3ccc(F)cc3)n2)C(CN)C1.Cl.Cl. The van der Waals surface area contributed by atoms with Crippen LogP contribution >= 0.6 is 36.2 Å². The van der Waals surface area contributed by atoms with Crippen LogP contribution in [0.2, 0.25) is 0 Å². The first-order valence-corrected chi connectivity index (χ1v) is 8.69. The molecule has 138 valence electrons. The fraction of sp³-hybridized carbons (Fsp3) is 0.412. The number of nitrogens with zero attached hydrogens (tertiary/aromatic N) is 2. The summed E-state index contributed by atoms with van der Waals surface area (Å²) in [6.45, 7) is 3.40. The van der Waals surface area contributed by atoms with Crippen LogP contribution in [0.1, 0.15) is 30.3 Å². The maximum absolute atomic E-state index is 13.0. The molecule has 1 aromatic heterocycles. The summed E-state index contributed by atoms with van der Waals surface area (Å²) in [5.41, 5.74) is 7.10. The van der Waals surface area contributed by atoms with E-state index in [-0.39, 0.29) is 42.6 Å². The number of aromatic nitrogens is 1. The summed E-state index contributed by atoms with van der Waals surface area (Å²) in [6, 6.07) is 6.23. The Bertz CT molecular complexity index is 695. The first kappa shape index (κ1) is 21.8. The van der Waals surface area contributed by atoms with Gasteiger partial charge in [0.05, 0.1) is 0 Å². The Kier molecular flexibility index (Phi) is 8.28. The minimum Gasteiger partial charge on any atom is -0.333 e. The number of carbonyl (C=O) groups is 1. The molecule has 4 nitrogen and oxygen atoms in total. The van der Waals surface area contributed by atoms with Crippen molar-refractivity contribution in [3.63, 3.8) is 0 Å². The number of thiazole rings is 1. The molecule has 2 N–H and O–H groups in total. The van der Waals surface area contributed by atoms with Gasteiger partial charge in [0.25, 0.3) is 5.91 Å². The molecule has 1 fully saturated rings. The van der Waals surface area contributed by atoms with Gasteiger partial charge in [0.2, 0.25) is 0 Å². The molecule has 1 amide bonds. The van der Waals surface area contributed by atoms with Gasteiger partial charge in [0.15, 0.2) is 0 Å². The lowest BCUT2D eigenvalue weighted by molar-refractivity contribution is 0.0568. The average molecular weight is 406 g/mol. The maximum Gasteiger partial charge on any atom is 0.273 e. The number of likely N-dealkylation sites (tertiary alicyclic amines) is 1. The third-order valence-corrected chi connectivity index (χ3v) is 5.22. The quantitative estimate of drug-likeness (QED) is 0.839. The smallest absolute Gasteiger partial charge is 0.273 e. The van der Waals surface area contributed by atoms with Gasteiger partial charge in [-0.3, -0.25) is 4.79 Å². The molecule has 2 aromatic rings. The second-order valence-electron chi connectivity index (χ2n) is 6.06. The number of rotatable bonds is 3. The number of halogens is 3. The highest BCUT2D eigenvalue weighted by atomic mass is 35.5. The van der Waals surface area contributed by atoms with E-state index in [0.717, 1.165) is 30.0 Å². The Hall–Kier alpha value is -1.21. The zero-order valence-electron chi connectivity index (χ0n) is 13.9. The predicted molar refractivity (Wildman–Crippen MR) is 104 cm³/mol. The first-order chi connectivity index (χ1) is 11.1. The number of nitrogens with two attached hydrogens (primary N) is 1. The summed E-state index contributed by atoms with van der Waals surface area (Å²) >= 11 is 1.40. The fourth-order valence-corrected chi connectivity index (χ4v) is 3.79. The molecule has 2 heterocycles. The van der Waals surface area contributed by atoms with Gasteiger partial charge in [-0.25, -0.2) is 9.37 Å². The van der Waals surface area contributed by atoms with Crippen molar-refractivity contribution in [1.82, 2.24) is 9.88 Å². The Balaban J connectivity index is 0.00000156. The first-order valence-electron chi connectivity index (χ1n) is 7.81. The minimum atomic E-state index is -0.283. The molecule has 0 bridgehead atoms. The molecule has 0 radical (unpaired) electrons. The molecule has 0 aliphatic carbocycles. The van der Waals surface area contributed by atoms with Crippen LogP contribution in [-0.4, -0.2) is 34.9 Å². The second kappa shape index (κ2) is 9.48. The summed E-state index contributed by atoms with van der Waals surface area (Å²) in [7, 11) is 0. The molecule has 25 heavy (non-hydrogen) atoms. The maximum atomic E-state index is 13.0. The van der Waals surface area contributed by atoms with Gasteiger partial charge in [0.1, 0.15) is 16.5 Å². The van der Waals surface area contributed by atoms with Crippen molar-refractivity contribution in [2.75, 3.05) is 13.1 Å². The lowest BCUT2D eigenvalue weighted by atomic mass is 9.92. The van der Waals surface area contributed by atoms with Crippen LogP contribution in [0.5, 0.6) is 0 Å². The van der Waals surface area contributed by atoms with Crippen molar-refractivity contribution < 1.29 is 9.18 Å². The van der Waals surface area contributed by atoms with E-state index in [1.54, 1.807) is 17.5 Å². The van der Waals surface area contributed by atoms with E-state index in [0.29, 0.717) is 18.2 Å². The van der Waals surface area contributed by atoms with Crippen molar-refractivity contribution >= 4 is 42.1 Å². The van der Waals surface area contributed by atoms with Gasteiger partial charge in [-0.2, -0.15) is 0 Å². The topological polar surface area (TPSA) is 59.2 Å². The monoisotopic (exact) mass is 405 g/mol. The van der Waals surface area contributed by atoms with E-state index in [1.807, 2.05) is 4.90 Å². The lowest BCUT2D eigenvalue weighted by Gasteiger charge is -2.37. The van der Waals surface area contributed by atoms with Gasteiger partial charge in [-0.15, -0.1) is 36.2 Å². The highest BCUT2D eigenvalue weighted by Crippen LogP contribution is 2.27. The molecule has 2 atom stereocenters. The van der Waals surface area contributed by atoms with Crippen LogP contribution in [0.15, 0.2) is 29.6 Å². The second-order valence-corrected chi connectivity index (χ2v) is 6.92. The fourth-order valence-electron chi connectivity index (χ4n) is 2.99. The van der Waals surface area contributed by atoms with Crippen LogP contribution in [0.3, 0.4) is 0 Å². The van der Waals surface area contributed by atoms with Crippen LogP contribution in [0, 0.1) is 11.7 Å². The lowest BCUT2D eigenvalue weighted by Crippen LogP contribution is -2.49. The molecule has 2 unspecified atom stereocenters. The van der Waals surface area contributed by atoms with Crippen molar-refractivity contribution in [2.45, 2.75) is 25.8 Å². The third-order valence-electron chi connectivity index (χ3n) is 4.33. The molecule has 1 aromatic carbocycles. The number of amides is 1. The van der Waals surface area contributed by atoms with E-state index >= 15 is 0 Å².